The summed E-state index contributed by atoms with van der Waals surface area (Å²) in [6.45, 7) is 1.29. The largest absolute Gasteiger partial charge is 0.455 e. The second-order valence-electron chi connectivity index (χ2n) is 7.92. The van der Waals surface area contributed by atoms with Crippen molar-refractivity contribution in [3.05, 3.63) is 106 Å². The lowest BCUT2D eigenvalue weighted by atomic mass is 10.2. The summed E-state index contributed by atoms with van der Waals surface area (Å²) < 4.78 is 46.6. The molecule has 7 nitrogen and oxygen atoms in total. The molecule has 0 bridgehead atoms. The molecule has 0 fully saturated rings. The fourth-order valence-corrected chi connectivity index (χ4v) is 5.27. The number of nitrogens with zero attached hydrogens (tertiary/aromatic N) is 2. The van der Waals surface area contributed by atoms with E-state index in [1.165, 1.54) is 6.21 Å². The number of hydrogen-bond donors (Lipinski definition) is 1. The molecule has 0 unspecified atom stereocenters. The standard InChI is InChI=1S/C26H20Cl2FN3O4S/c1-17-2-7-20(8-3-17)32(37(34,35)22-10-5-19(29)6-11-22)16-26(33)31-30-15-21-9-13-25(36-21)23-12-4-18(27)14-24(23)28/h2-15H,16H2,1H3,(H,31,33)/b30-15+. The van der Waals surface area contributed by atoms with Gasteiger partial charge in [-0.15, -0.1) is 0 Å². The van der Waals surface area contributed by atoms with Crippen LogP contribution in [0.5, 0.6) is 0 Å². The van der Waals surface area contributed by atoms with Gasteiger partial charge in [0, 0.05) is 10.6 Å². The fraction of sp³-hybridized carbons (Fsp3) is 0.0769. The molecule has 0 atom stereocenters. The molecule has 4 aromatic rings. The average Bonchev–Trinajstić information content (AvgIpc) is 3.32. The summed E-state index contributed by atoms with van der Waals surface area (Å²) in [6.07, 6.45) is 1.27. The fourth-order valence-electron chi connectivity index (χ4n) is 3.35. The molecular formula is C26H20Cl2FN3O4S. The Bertz CT molecular complexity index is 1550. The third-order valence-electron chi connectivity index (χ3n) is 5.22. The van der Waals surface area contributed by atoms with Gasteiger partial charge in [0.2, 0.25) is 0 Å². The van der Waals surface area contributed by atoms with Crippen LogP contribution in [-0.4, -0.2) is 27.1 Å². The maximum atomic E-state index is 13.4. The zero-order chi connectivity index (χ0) is 26.6. The minimum atomic E-state index is -4.18. The minimum absolute atomic E-state index is 0.158. The first-order valence-corrected chi connectivity index (χ1v) is 13.1. The molecule has 0 saturated carbocycles. The summed E-state index contributed by atoms with van der Waals surface area (Å²) in [5.74, 6) is -0.469. The zero-order valence-electron chi connectivity index (χ0n) is 19.4. The molecule has 3 aromatic carbocycles. The average molecular weight is 560 g/mol. The van der Waals surface area contributed by atoms with Crippen LogP contribution in [0.3, 0.4) is 0 Å². The van der Waals surface area contributed by atoms with Crippen LogP contribution < -0.4 is 9.73 Å². The Morgan fingerprint density at radius 3 is 2.41 bits per heavy atom. The number of aryl methyl sites for hydroxylation is 1. The third-order valence-corrected chi connectivity index (χ3v) is 7.55. The van der Waals surface area contributed by atoms with Crippen molar-refractivity contribution in [2.45, 2.75) is 11.8 Å². The van der Waals surface area contributed by atoms with Crippen molar-refractivity contribution in [3.8, 4) is 11.3 Å². The highest BCUT2D eigenvalue weighted by molar-refractivity contribution is 7.92. The lowest BCUT2D eigenvalue weighted by molar-refractivity contribution is -0.119. The quantitative estimate of drug-likeness (QED) is 0.210. The molecule has 1 heterocycles. The van der Waals surface area contributed by atoms with Crippen LogP contribution in [0.15, 0.2) is 93.3 Å². The molecule has 11 heteroatoms. The number of hydrogen-bond acceptors (Lipinski definition) is 5. The molecule has 1 aromatic heterocycles. The summed E-state index contributed by atoms with van der Waals surface area (Å²) in [6, 6.07) is 19.3. The van der Waals surface area contributed by atoms with Gasteiger partial charge < -0.3 is 4.42 Å². The Morgan fingerprint density at radius 1 is 1.03 bits per heavy atom. The van der Waals surface area contributed by atoms with Gasteiger partial charge in [0.05, 0.1) is 21.8 Å². The van der Waals surface area contributed by atoms with Crippen molar-refractivity contribution in [1.29, 1.82) is 0 Å². The van der Waals surface area contributed by atoms with Crippen LogP contribution in [0.25, 0.3) is 11.3 Å². The molecule has 4 rings (SSSR count). The van der Waals surface area contributed by atoms with E-state index in [2.05, 4.69) is 10.5 Å². The lowest BCUT2D eigenvalue weighted by Crippen LogP contribution is -2.39. The van der Waals surface area contributed by atoms with Gasteiger partial charge in [-0.05, 0) is 73.7 Å². The van der Waals surface area contributed by atoms with Crippen LogP contribution in [0.2, 0.25) is 10.0 Å². The molecule has 0 spiro atoms. The maximum Gasteiger partial charge on any atom is 0.264 e. The van der Waals surface area contributed by atoms with Gasteiger partial charge in [0.15, 0.2) is 0 Å². The van der Waals surface area contributed by atoms with Crippen LogP contribution in [0.4, 0.5) is 10.1 Å². The zero-order valence-corrected chi connectivity index (χ0v) is 21.7. The molecule has 190 valence electrons. The number of furan rings is 1. The molecule has 37 heavy (non-hydrogen) atoms. The SMILES string of the molecule is Cc1ccc(N(CC(=O)N/N=C/c2ccc(-c3ccc(Cl)cc3Cl)o2)S(=O)(=O)c2ccc(F)cc2)cc1. The van der Waals surface area contributed by atoms with Crippen LogP contribution in [-0.2, 0) is 14.8 Å². The monoisotopic (exact) mass is 559 g/mol. The van der Waals surface area contributed by atoms with Gasteiger partial charge >= 0.3 is 0 Å². The first-order chi connectivity index (χ1) is 17.6. The predicted molar refractivity (Wildman–Crippen MR) is 142 cm³/mol. The normalized spacial score (nSPS) is 11.6. The molecule has 1 N–H and O–H groups in total. The van der Waals surface area contributed by atoms with Crippen molar-refractivity contribution < 1.29 is 22.0 Å². The maximum absolute atomic E-state index is 13.4. The van der Waals surface area contributed by atoms with Crippen LogP contribution >= 0.6 is 23.2 Å². The number of anilines is 1. The molecule has 0 radical (unpaired) electrons. The first kappa shape index (κ1) is 26.4. The smallest absolute Gasteiger partial charge is 0.264 e. The Balaban J connectivity index is 1.50. The number of amides is 1. The molecule has 0 aliphatic rings. The van der Waals surface area contributed by atoms with Crippen molar-refractivity contribution >= 4 is 51.0 Å². The Labute approximate surface area is 223 Å². The van der Waals surface area contributed by atoms with E-state index >= 15 is 0 Å². The van der Waals surface area contributed by atoms with Crippen LogP contribution in [0, 0.1) is 12.7 Å². The van der Waals surface area contributed by atoms with Gasteiger partial charge in [-0.25, -0.2) is 18.2 Å². The van der Waals surface area contributed by atoms with E-state index in [-0.39, 0.29) is 10.6 Å². The highest BCUT2D eigenvalue weighted by Gasteiger charge is 2.27. The van der Waals surface area contributed by atoms with E-state index < -0.39 is 28.3 Å². The van der Waals surface area contributed by atoms with E-state index in [9.17, 15) is 17.6 Å². The van der Waals surface area contributed by atoms with Gasteiger partial charge in [0.1, 0.15) is 23.9 Å². The van der Waals surface area contributed by atoms with Crippen LogP contribution in [0.1, 0.15) is 11.3 Å². The highest BCUT2D eigenvalue weighted by atomic mass is 35.5. The molecule has 0 aliphatic carbocycles. The number of rotatable bonds is 8. The number of carbonyl (C=O) groups excluding carboxylic acids is 1. The summed E-state index contributed by atoms with van der Waals surface area (Å²) in [4.78, 5) is 12.5. The minimum Gasteiger partial charge on any atom is -0.455 e. The van der Waals surface area contributed by atoms with E-state index in [0.717, 1.165) is 34.1 Å². The number of benzene rings is 3. The molecular weight excluding hydrogens is 540 g/mol. The number of hydrazone groups is 1. The van der Waals surface area contributed by atoms with E-state index in [1.807, 2.05) is 6.92 Å². The predicted octanol–water partition coefficient (Wildman–Crippen LogP) is 6.05. The second kappa shape index (κ2) is 11.2. The number of nitrogens with one attached hydrogen (secondary N) is 1. The molecule has 0 saturated heterocycles. The third kappa shape index (κ3) is 6.37. The van der Waals surface area contributed by atoms with Gasteiger partial charge in [-0.3, -0.25) is 9.10 Å². The van der Waals surface area contributed by atoms with Gasteiger partial charge in [0.25, 0.3) is 15.9 Å². The highest BCUT2D eigenvalue weighted by Crippen LogP contribution is 2.31. The van der Waals surface area contributed by atoms with E-state index in [0.29, 0.717) is 27.1 Å². The number of sulfonamides is 1. The number of halogens is 3. The topological polar surface area (TPSA) is 92.0 Å². The summed E-state index contributed by atoms with van der Waals surface area (Å²) in [5.41, 5.74) is 4.12. The molecule has 1 amide bonds. The van der Waals surface area contributed by atoms with Crippen molar-refractivity contribution in [2.24, 2.45) is 5.10 Å². The summed E-state index contributed by atoms with van der Waals surface area (Å²) in [5, 5.41) is 4.77. The number of carbonyl (C=O) groups is 1. The van der Waals surface area contributed by atoms with E-state index in [4.69, 9.17) is 27.6 Å². The van der Waals surface area contributed by atoms with Crippen molar-refractivity contribution in [2.75, 3.05) is 10.8 Å². The Kier molecular flexibility index (Phi) is 7.97. The lowest BCUT2D eigenvalue weighted by Gasteiger charge is -2.23. The first-order valence-electron chi connectivity index (χ1n) is 10.9. The van der Waals surface area contributed by atoms with Crippen molar-refractivity contribution in [3.63, 3.8) is 0 Å². The van der Waals surface area contributed by atoms with Gasteiger partial charge in [-0.2, -0.15) is 5.10 Å². The van der Waals surface area contributed by atoms with Gasteiger partial charge in [-0.1, -0.05) is 40.9 Å². The summed E-state index contributed by atoms with van der Waals surface area (Å²) in [7, 11) is -4.18. The molecule has 0 aliphatic heterocycles. The van der Waals surface area contributed by atoms with Crippen molar-refractivity contribution in [1.82, 2.24) is 5.43 Å². The summed E-state index contributed by atoms with van der Waals surface area (Å²) >= 11 is 12.1. The Morgan fingerprint density at radius 2 is 1.73 bits per heavy atom. The second-order valence-corrected chi connectivity index (χ2v) is 10.6. The Hall–Kier alpha value is -3.66. The van der Waals surface area contributed by atoms with E-state index in [1.54, 1.807) is 54.6 Å².